The van der Waals surface area contributed by atoms with Gasteiger partial charge in [-0.1, -0.05) is 23.7 Å². The van der Waals surface area contributed by atoms with Crippen LogP contribution in [0.25, 0.3) is 11.5 Å². The van der Waals surface area contributed by atoms with Crippen LogP contribution in [0.1, 0.15) is 43.1 Å². The number of hydrogen-bond donors (Lipinski definition) is 2. The van der Waals surface area contributed by atoms with Crippen LogP contribution in [0.5, 0.6) is 0 Å². The average molecular weight is 771 g/mol. The van der Waals surface area contributed by atoms with Gasteiger partial charge in [0, 0.05) is 23.8 Å². The first-order valence-electron chi connectivity index (χ1n) is 13.9. The lowest BCUT2D eigenvalue weighted by Gasteiger charge is -2.56. The fourth-order valence-corrected chi connectivity index (χ4v) is 7.70. The molecule has 0 saturated heterocycles. The number of rotatable bonds is 4. The number of fused-ring (bicyclic) bond motifs is 1. The van der Waals surface area contributed by atoms with Gasteiger partial charge in [0.15, 0.2) is 9.84 Å². The highest BCUT2D eigenvalue weighted by molar-refractivity contribution is 7.91. The number of hydrogen-bond acceptors (Lipinski definition) is 8. The Hall–Kier alpha value is -3.13. The van der Waals surface area contributed by atoms with Crippen molar-refractivity contribution < 1.29 is 62.2 Å². The molecule has 1 aromatic heterocycles. The fourth-order valence-electron chi connectivity index (χ4n) is 6.01. The topological polar surface area (TPSA) is 140 Å². The highest BCUT2D eigenvalue weighted by atomic mass is 35.5. The maximum absolute atomic E-state index is 15.3. The second-order valence-electron chi connectivity index (χ2n) is 12.0. The molecule has 2 fully saturated rings. The first kappa shape index (κ1) is 38.7. The number of nitrogens with two attached hydrogens (primary N) is 1. The van der Waals surface area contributed by atoms with E-state index in [-0.39, 0.29) is 65.6 Å². The van der Waals surface area contributed by atoms with E-state index in [9.17, 15) is 48.3 Å². The average Bonchev–Trinajstić information content (AvgIpc) is 3.40. The lowest BCUT2D eigenvalue weighted by molar-refractivity contribution is -0.308. The lowest BCUT2D eigenvalue weighted by atomic mass is 9.50. The molecule has 9 nitrogen and oxygen atoms in total. The van der Waals surface area contributed by atoms with E-state index in [0.29, 0.717) is 23.4 Å². The van der Waals surface area contributed by atoms with Crippen LogP contribution >= 0.6 is 24.0 Å². The molecule has 49 heavy (non-hydrogen) atoms. The number of benzene rings is 2. The van der Waals surface area contributed by atoms with Gasteiger partial charge in [0.25, 0.3) is 5.89 Å². The molecule has 1 amide bonds. The van der Waals surface area contributed by atoms with Crippen LogP contribution in [0.3, 0.4) is 0 Å². The van der Waals surface area contributed by atoms with E-state index in [1.807, 2.05) is 0 Å². The summed E-state index contributed by atoms with van der Waals surface area (Å²) in [4.78, 5) is 14.0. The van der Waals surface area contributed by atoms with Crippen molar-refractivity contribution in [2.45, 2.75) is 73.5 Å². The number of nitrogens with zero attached hydrogens (tertiary/aromatic N) is 3. The zero-order chi connectivity index (χ0) is 35.6. The second-order valence-corrected chi connectivity index (χ2v) is 14.4. The smallest absolute Gasteiger partial charge is 0.420 e. The van der Waals surface area contributed by atoms with Crippen LogP contribution < -0.4 is 10.6 Å². The highest BCUT2D eigenvalue weighted by Crippen LogP contribution is 2.66. The van der Waals surface area contributed by atoms with Crippen LogP contribution in [0, 0.1) is 11.2 Å². The third-order valence-electron chi connectivity index (χ3n) is 8.18. The van der Waals surface area contributed by atoms with Crippen molar-refractivity contribution in [3.8, 4) is 11.5 Å². The third kappa shape index (κ3) is 8.10. The molecule has 2 aliphatic carbocycles. The molecule has 0 radical (unpaired) electrons. The summed E-state index contributed by atoms with van der Waals surface area (Å²) in [5.41, 5.74) is 5.91. The van der Waals surface area contributed by atoms with Gasteiger partial charge in [0.2, 0.25) is 23.8 Å². The maximum Gasteiger partial charge on any atom is 0.423 e. The number of aliphatic hydroxyl groups excluding tert-OH is 1. The highest BCUT2D eigenvalue weighted by Gasteiger charge is 2.62. The molecular weight excluding hydrogens is 746 g/mol. The summed E-state index contributed by atoms with van der Waals surface area (Å²) < 4.78 is 140. The van der Waals surface area contributed by atoms with Crippen LogP contribution in [0.2, 0.25) is 5.02 Å². The van der Waals surface area contributed by atoms with Crippen molar-refractivity contribution >= 4 is 45.4 Å². The number of sulfone groups is 1. The van der Waals surface area contributed by atoms with E-state index >= 15 is 4.39 Å². The molecule has 3 N–H and O–H groups in total. The Labute approximate surface area is 282 Å². The fraction of sp³-hybridized carbons (Fsp3) is 0.464. The molecule has 21 heteroatoms. The van der Waals surface area contributed by atoms with Crippen molar-refractivity contribution in [2.75, 3.05) is 10.7 Å². The Morgan fingerprint density at radius 2 is 1.61 bits per heavy atom. The van der Waals surface area contributed by atoms with Crippen molar-refractivity contribution in [1.29, 1.82) is 0 Å². The first-order valence-corrected chi connectivity index (χ1v) is 15.9. The molecule has 6 rings (SSSR count). The molecular formula is C28H25Cl2F9N4O5S. The second kappa shape index (κ2) is 13.2. The summed E-state index contributed by atoms with van der Waals surface area (Å²) in [7, 11) is -4.11. The number of carbonyl (C=O) groups is 1. The first-order chi connectivity index (χ1) is 22.0. The molecule has 1 aliphatic heterocycles. The molecule has 2 heterocycles. The number of aliphatic hydroxyl groups is 1. The molecule has 2 aromatic carbocycles. The van der Waals surface area contributed by atoms with Gasteiger partial charge in [-0.05, 0) is 48.1 Å². The quantitative estimate of drug-likeness (QED) is 0.292. The standard InChI is InChI=1S/C25H22ClF3N4O4S.C3H2F6O.ClH/c26-15-3-1-13(2-4-15)9-33-19-5-16(17(27)6-20(19)38(35,36)10-18(30)23(33)34)22-32-31-21(37-22)14-7-24(8-14)11-25(28,29)12-24;4-2(5,6)1(10)3(7,8)9;/h1-6,14,18H,7-12,30H2;1,10H;1H/t18-;;/m0../s1. The SMILES string of the molecule is Cl.N[C@H]1CS(=O)(=O)c2cc(F)c(-c3nnc(C4CC5(C4)CC(F)(F)C5)o3)cc2N(Cc2ccc(Cl)cc2)C1=O.OC(C(F)(F)F)C(F)(F)F. The lowest BCUT2D eigenvalue weighted by Crippen LogP contribution is -2.52. The normalized spacial score (nSPS) is 21.1. The van der Waals surface area contributed by atoms with Gasteiger partial charge in [0.05, 0.1) is 34.5 Å². The summed E-state index contributed by atoms with van der Waals surface area (Å²) in [5.74, 6) is -5.10. The molecule has 270 valence electrons. The summed E-state index contributed by atoms with van der Waals surface area (Å²) >= 11 is 5.96. The van der Waals surface area contributed by atoms with Gasteiger partial charge in [0.1, 0.15) is 5.82 Å². The van der Waals surface area contributed by atoms with Crippen molar-refractivity contribution in [3.63, 3.8) is 0 Å². The number of halogens is 11. The van der Waals surface area contributed by atoms with E-state index in [1.54, 1.807) is 24.3 Å². The van der Waals surface area contributed by atoms with E-state index in [0.717, 1.165) is 6.07 Å². The van der Waals surface area contributed by atoms with Crippen LogP contribution in [0.15, 0.2) is 45.7 Å². The maximum atomic E-state index is 15.3. The number of amides is 1. The van der Waals surface area contributed by atoms with Gasteiger partial charge in [-0.3, -0.25) is 4.79 Å². The molecule has 3 aromatic rings. The molecule has 2 saturated carbocycles. The molecule has 1 atom stereocenters. The number of alkyl halides is 8. The van der Waals surface area contributed by atoms with Gasteiger partial charge >= 0.3 is 12.4 Å². The molecule has 0 unspecified atom stereocenters. The predicted molar refractivity (Wildman–Crippen MR) is 156 cm³/mol. The van der Waals surface area contributed by atoms with E-state index in [1.165, 1.54) is 11.0 Å². The summed E-state index contributed by atoms with van der Waals surface area (Å²) in [5, 5.41) is 15.9. The minimum absolute atomic E-state index is 0. The van der Waals surface area contributed by atoms with Crippen molar-refractivity contribution in [1.82, 2.24) is 10.2 Å². The van der Waals surface area contributed by atoms with Gasteiger partial charge in [-0.15, -0.1) is 22.6 Å². The Morgan fingerprint density at radius 3 is 2.12 bits per heavy atom. The predicted octanol–water partition coefficient (Wildman–Crippen LogP) is 6.36. The Balaban J connectivity index is 0.000000431. The largest absolute Gasteiger partial charge is 0.423 e. The van der Waals surface area contributed by atoms with Gasteiger partial charge < -0.3 is 20.2 Å². The van der Waals surface area contributed by atoms with E-state index in [2.05, 4.69) is 10.2 Å². The zero-order valence-corrected chi connectivity index (χ0v) is 26.9. The summed E-state index contributed by atoms with van der Waals surface area (Å²) in [6, 6.07) is 7.28. The van der Waals surface area contributed by atoms with Crippen LogP contribution in [-0.4, -0.2) is 65.8 Å². The van der Waals surface area contributed by atoms with Crippen LogP contribution in [0.4, 0.5) is 45.2 Å². The Morgan fingerprint density at radius 1 is 1.04 bits per heavy atom. The molecule has 3 aliphatic rings. The molecule has 0 bridgehead atoms. The summed E-state index contributed by atoms with van der Waals surface area (Å²) in [6.45, 7) is -0.0405. The Kier molecular flexibility index (Phi) is 10.4. The van der Waals surface area contributed by atoms with Crippen molar-refractivity contribution in [2.24, 2.45) is 11.1 Å². The number of aromatic nitrogens is 2. The molecule has 1 spiro atoms. The van der Waals surface area contributed by atoms with Crippen molar-refractivity contribution in [3.05, 3.63) is 58.7 Å². The zero-order valence-electron chi connectivity index (χ0n) is 24.5. The minimum Gasteiger partial charge on any atom is -0.420 e. The van der Waals surface area contributed by atoms with Gasteiger partial charge in [-0.2, -0.15) is 26.3 Å². The monoisotopic (exact) mass is 770 g/mol. The summed E-state index contributed by atoms with van der Waals surface area (Å²) in [6.07, 6.45) is -14.8. The number of anilines is 1. The Bertz CT molecular complexity index is 1790. The minimum atomic E-state index is -5.63. The van der Waals surface area contributed by atoms with E-state index < -0.39 is 63.2 Å². The third-order valence-corrected chi connectivity index (χ3v) is 10.2. The number of carbonyl (C=O) groups excluding carboxylic acids is 1. The van der Waals surface area contributed by atoms with E-state index in [4.69, 9.17) is 26.9 Å². The van der Waals surface area contributed by atoms with Gasteiger partial charge in [-0.25, -0.2) is 21.6 Å². The van der Waals surface area contributed by atoms with Crippen LogP contribution in [-0.2, 0) is 21.2 Å².